The van der Waals surface area contributed by atoms with Gasteiger partial charge in [-0.3, -0.25) is 0 Å². The molecule has 1 saturated heterocycles. The second-order valence-electron chi connectivity index (χ2n) is 4.57. The normalized spacial score (nSPS) is 19.9. The number of aromatic nitrogens is 1. The van der Waals surface area contributed by atoms with E-state index in [0.29, 0.717) is 0 Å². The lowest BCUT2D eigenvalue weighted by atomic mass is 10.1. The zero-order valence-electron chi connectivity index (χ0n) is 9.78. The van der Waals surface area contributed by atoms with Gasteiger partial charge in [0, 0.05) is 12.7 Å². The second-order valence-corrected chi connectivity index (χ2v) is 4.57. The van der Waals surface area contributed by atoms with E-state index in [2.05, 4.69) is 15.6 Å². The lowest BCUT2D eigenvalue weighted by Gasteiger charge is -2.10. The van der Waals surface area contributed by atoms with Crippen LogP contribution in [-0.2, 0) is 0 Å². The van der Waals surface area contributed by atoms with Crippen molar-refractivity contribution in [3.05, 3.63) is 24.6 Å². The van der Waals surface area contributed by atoms with E-state index in [1.807, 2.05) is 12.1 Å². The predicted octanol–water partition coefficient (Wildman–Crippen LogP) is 2.24. The van der Waals surface area contributed by atoms with E-state index in [9.17, 15) is 0 Å². The Morgan fingerprint density at radius 3 is 3.35 bits per heavy atom. The van der Waals surface area contributed by atoms with Crippen LogP contribution in [0.25, 0.3) is 11.0 Å². The second kappa shape index (κ2) is 4.75. The number of hydrogen-bond acceptors (Lipinski definition) is 4. The summed E-state index contributed by atoms with van der Waals surface area (Å²) >= 11 is 0. The van der Waals surface area contributed by atoms with Crippen molar-refractivity contribution in [3.8, 4) is 0 Å². The molecule has 2 N–H and O–H groups in total. The molecule has 4 heteroatoms. The third-order valence-electron chi connectivity index (χ3n) is 3.39. The van der Waals surface area contributed by atoms with Gasteiger partial charge in [-0.2, -0.15) is 0 Å². The molecule has 4 nitrogen and oxygen atoms in total. The summed E-state index contributed by atoms with van der Waals surface area (Å²) in [4.78, 5) is 4.36. The summed E-state index contributed by atoms with van der Waals surface area (Å²) in [6, 6.07) is 3.85. The summed E-state index contributed by atoms with van der Waals surface area (Å²) < 4.78 is 5.35. The minimum Gasteiger partial charge on any atom is -0.464 e. The molecule has 0 spiro atoms. The maximum Gasteiger partial charge on any atom is 0.139 e. The van der Waals surface area contributed by atoms with Crippen LogP contribution in [-0.4, -0.2) is 24.6 Å². The molecule has 2 aromatic heterocycles. The van der Waals surface area contributed by atoms with Crippen LogP contribution in [0.3, 0.4) is 0 Å². The van der Waals surface area contributed by atoms with Gasteiger partial charge in [0.2, 0.25) is 0 Å². The van der Waals surface area contributed by atoms with Gasteiger partial charge < -0.3 is 15.1 Å². The summed E-state index contributed by atoms with van der Waals surface area (Å²) in [6.45, 7) is 3.30. The first-order chi connectivity index (χ1) is 8.43. The van der Waals surface area contributed by atoms with Crippen LogP contribution in [0.4, 0.5) is 5.82 Å². The maximum absolute atomic E-state index is 5.35. The summed E-state index contributed by atoms with van der Waals surface area (Å²) in [5.74, 6) is 1.74. The minimum absolute atomic E-state index is 0.811. The Hall–Kier alpha value is -1.55. The number of furan rings is 1. The molecule has 1 aliphatic heterocycles. The van der Waals surface area contributed by atoms with Crippen LogP contribution < -0.4 is 10.6 Å². The summed E-state index contributed by atoms with van der Waals surface area (Å²) in [5, 5.41) is 7.86. The number of nitrogens with zero attached hydrogens (tertiary/aromatic N) is 1. The monoisotopic (exact) mass is 231 g/mol. The highest BCUT2D eigenvalue weighted by atomic mass is 16.3. The van der Waals surface area contributed by atoms with E-state index >= 15 is 0 Å². The van der Waals surface area contributed by atoms with Crippen LogP contribution in [0.1, 0.15) is 12.8 Å². The highest BCUT2D eigenvalue weighted by molar-refractivity contribution is 5.87. The van der Waals surface area contributed by atoms with Crippen molar-refractivity contribution in [1.82, 2.24) is 10.3 Å². The number of nitrogens with one attached hydrogen (secondary N) is 2. The maximum atomic E-state index is 5.35. The average Bonchev–Trinajstić information content (AvgIpc) is 2.99. The molecule has 17 heavy (non-hydrogen) atoms. The molecule has 1 unspecified atom stereocenters. The van der Waals surface area contributed by atoms with Gasteiger partial charge in [-0.25, -0.2) is 4.98 Å². The highest BCUT2D eigenvalue weighted by Gasteiger charge is 2.13. The molecule has 0 amide bonds. The van der Waals surface area contributed by atoms with Crippen molar-refractivity contribution in [2.75, 3.05) is 25.0 Å². The topological polar surface area (TPSA) is 50.1 Å². The molecule has 1 aliphatic rings. The molecule has 0 radical (unpaired) electrons. The molecular weight excluding hydrogens is 214 g/mol. The minimum atomic E-state index is 0.811. The molecule has 0 aliphatic carbocycles. The van der Waals surface area contributed by atoms with Gasteiger partial charge in [0.25, 0.3) is 0 Å². The van der Waals surface area contributed by atoms with Gasteiger partial charge in [0.05, 0.1) is 11.6 Å². The molecule has 90 valence electrons. The molecule has 0 saturated carbocycles. The number of anilines is 1. The summed E-state index contributed by atoms with van der Waals surface area (Å²) in [7, 11) is 0. The molecular formula is C13H17N3O. The largest absolute Gasteiger partial charge is 0.464 e. The van der Waals surface area contributed by atoms with Gasteiger partial charge >= 0.3 is 0 Å². The molecule has 1 atom stereocenters. The standard InChI is InChI=1S/C13H17N3O/c1-5-14-9-10(1)2-6-15-13-11-4-8-17-12(11)3-7-16-13/h3-4,7-8,10,14H,1-2,5-6,9H2,(H,15,16). The molecule has 0 aromatic carbocycles. The molecule has 0 bridgehead atoms. The van der Waals surface area contributed by atoms with Crippen molar-refractivity contribution in [3.63, 3.8) is 0 Å². The Morgan fingerprint density at radius 1 is 1.47 bits per heavy atom. The fourth-order valence-electron chi connectivity index (χ4n) is 2.39. The third-order valence-corrected chi connectivity index (χ3v) is 3.39. The molecule has 3 rings (SSSR count). The summed E-state index contributed by atoms with van der Waals surface area (Å²) in [5.41, 5.74) is 0.894. The van der Waals surface area contributed by atoms with Crippen LogP contribution in [0, 0.1) is 5.92 Å². The van der Waals surface area contributed by atoms with Gasteiger partial charge in [0.15, 0.2) is 0 Å². The zero-order chi connectivity index (χ0) is 11.5. The molecule has 1 fully saturated rings. The van der Waals surface area contributed by atoms with Crippen molar-refractivity contribution < 1.29 is 4.42 Å². The number of rotatable bonds is 4. The molecule has 3 heterocycles. The quantitative estimate of drug-likeness (QED) is 0.847. The van der Waals surface area contributed by atoms with Crippen LogP contribution in [0.15, 0.2) is 29.0 Å². The lowest BCUT2D eigenvalue weighted by molar-refractivity contribution is 0.549. The van der Waals surface area contributed by atoms with Gasteiger partial charge in [-0.1, -0.05) is 0 Å². The molecule has 2 aromatic rings. The predicted molar refractivity (Wildman–Crippen MR) is 68.1 cm³/mol. The third kappa shape index (κ3) is 2.26. The van der Waals surface area contributed by atoms with Crippen molar-refractivity contribution >= 4 is 16.8 Å². The van der Waals surface area contributed by atoms with E-state index < -0.39 is 0 Å². The van der Waals surface area contributed by atoms with Crippen LogP contribution >= 0.6 is 0 Å². The SMILES string of the molecule is c1cc2occc2c(NCCC2CCNC2)n1. The first-order valence-electron chi connectivity index (χ1n) is 6.20. The van der Waals surface area contributed by atoms with Gasteiger partial charge in [-0.15, -0.1) is 0 Å². The van der Waals surface area contributed by atoms with E-state index in [1.54, 1.807) is 12.5 Å². The fraction of sp³-hybridized carbons (Fsp3) is 0.462. The Balaban J connectivity index is 1.62. The van der Waals surface area contributed by atoms with Crippen molar-refractivity contribution in [2.45, 2.75) is 12.8 Å². The first kappa shape index (κ1) is 10.6. The number of fused-ring (bicyclic) bond motifs is 1. The van der Waals surface area contributed by atoms with Crippen LogP contribution in [0.2, 0.25) is 0 Å². The average molecular weight is 231 g/mol. The number of pyridine rings is 1. The Labute approximate surface area is 100 Å². The smallest absolute Gasteiger partial charge is 0.139 e. The van der Waals surface area contributed by atoms with E-state index in [1.165, 1.54) is 19.4 Å². The zero-order valence-corrected chi connectivity index (χ0v) is 9.78. The Bertz CT molecular complexity index is 488. The Kier molecular flexibility index (Phi) is 2.96. The van der Waals surface area contributed by atoms with E-state index in [-0.39, 0.29) is 0 Å². The first-order valence-corrected chi connectivity index (χ1v) is 6.20. The highest BCUT2D eigenvalue weighted by Crippen LogP contribution is 2.22. The fourth-order valence-corrected chi connectivity index (χ4v) is 2.39. The van der Waals surface area contributed by atoms with E-state index in [0.717, 1.165) is 35.8 Å². The number of hydrogen-bond donors (Lipinski definition) is 2. The van der Waals surface area contributed by atoms with Gasteiger partial charge in [-0.05, 0) is 44.0 Å². The van der Waals surface area contributed by atoms with Crippen molar-refractivity contribution in [2.24, 2.45) is 5.92 Å². The Morgan fingerprint density at radius 2 is 2.47 bits per heavy atom. The van der Waals surface area contributed by atoms with Crippen LogP contribution in [0.5, 0.6) is 0 Å². The summed E-state index contributed by atoms with van der Waals surface area (Å²) in [6.07, 6.45) is 5.98. The lowest BCUT2D eigenvalue weighted by Crippen LogP contribution is -2.13. The van der Waals surface area contributed by atoms with E-state index in [4.69, 9.17) is 4.42 Å². The van der Waals surface area contributed by atoms with Gasteiger partial charge in [0.1, 0.15) is 11.4 Å². The van der Waals surface area contributed by atoms with Crippen molar-refractivity contribution in [1.29, 1.82) is 0 Å².